The predicted octanol–water partition coefficient (Wildman–Crippen LogP) is 2.51. The average molecular weight is 490 g/mol. The molecule has 176 valence electrons. The molecule has 0 saturated carbocycles. The summed E-state index contributed by atoms with van der Waals surface area (Å²) in [6, 6.07) is 7.50. The van der Waals surface area contributed by atoms with Crippen molar-refractivity contribution in [3.8, 4) is 0 Å². The zero-order valence-electron chi connectivity index (χ0n) is 18.9. The molecular formula is C23H28ClN5O3S. The molecular weight excluding hydrogens is 462 g/mol. The van der Waals surface area contributed by atoms with Crippen molar-refractivity contribution >= 4 is 46.2 Å². The fourth-order valence-corrected chi connectivity index (χ4v) is 6.44. The van der Waals surface area contributed by atoms with Crippen molar-refractivity contribution in [2.75, 3.05) is 60.3 Å². The fourth-order valence-electron chi connectivity index (χ4n) is 4.96. The summed E-state index contributed by atoms with van der Waals surface area (Å²) in [6.45, 7) is 6.04. The van der Waals surface area contributed by atoms with Gasteiger partial charge < -0.3 is 24.0 Å². The zero-order valence-corrected chi connectivity index (χ0v) is 20.4. The zero-order chi connectivity index (χ0) is 23.1. The molecule has 0 N–H and O–H groups in total. The third-order valence-electron chi connectivity index (χ3n) is 6.67. The van der Waals surface area contributed by atoms with E-state index in [9.17, 15) is 9.35 Å². The summed E-state index contributed by atoms with van der Waals surface area (Å²) < 4.78 is 17.9. The van der Waals surface area contributed by atoms with Crippen LogP contribution in [0.5, 0.6) is 0 Å². The lowest BCUT2D eigenvalue weighted by atomic mass is 10.1. The molecule has 2 aromatic rings. The normalized spacial score (nSPS) is 24.8. The van der Waals surface area contributed by atoms with E-state index < -0.39 is 17.2 Å². The second-order valence-electron chi connectivity index (χ2n) is 8.91. The summed E-state index contributed by atoms with van der Waals surface area (Å²) in [5, 5.41) is 0.732. The summed E-state index contributed by atoms with van der Waals surface area (Å²) >= 11 is 4.88. The number of hydrogen-bond acceptors (Lipinski definition) is 8. The molecule has 3 aliphatic heterocycles. The molecule has 33 heavy (non-hydrogen) atoms. The first-order valence-electron chi connectivity index (χ1n) is 11.3. The van der Waals surface area contributed by atoms with Crippen LogP contribution in [0.25, 0.3) is 0 Å². The van der Waals surface area contributed by atoms with Gasteiger partial charge in [0.2, 0.25) is 10.8 Å². The number of carbonyl (C=O) groups is 1. The van der Waals surface area contributed by atoms with Gasteiger partial charge in [-0.3, -0.25) is 0 Å². The van der Waals surface area contributed by atoms with Crippen LogP contribution in [0, 0.1) is 5.92 Å². The number of piperazine rings is 1. The molecule has 2 saturated heterocycles. The van der Waals surface area contributed by atoms with Crippen LogP contribution in [0.15, 0.2) is 29.2 Å². The Hall–Kier alpha value is -2.23. The molecule has 0 bridgehead atoms. The quantitative estimate of drug-likeness (QED) is 0.478. The van der Waals surface area contributed by atoms with Crippen LogP contribution in [0.2, 0.25) is 5.02 Å². The van der Waals surface area contributed by atoms with Crippen LogP contribution in [-0.4, -0.2) is 72.1 Å². The van der Waals surface area contributed by atoms with Gasteiger partial charge in [-0.05, 0) is 47.8 Å². The van der Waals surface area contributed by atoms with Gasteiger partial charge in [0.25, 0.3) is 0 Å². The van der Waals surface area contributed by atoms with Gasteiger partial charge in [0.05, 0.1) is 7.11 Å². The monoisotopic (exact) mass is 489 g/mol. The third kappa shape index (κ3) is 4.34. The van der Waals surface area contributed by atoms with E-state index in [1.54, 1.807) is 0 Å². The molecule has 2 fully saturated rings. The topological polar surface area (TPSA) is 84.9 Å². The lowest BCUT2D eigenvalue weighted by Gasteiger charge is -2.36. The highest BCUT2D eigenvalue weighted by atomic mass is 35.5. The summed E-state index contributed by atoms with van der Waals surface area (Å²) in [4.78, 5) is 29.4. The van der Waals surface area contributed by atoms with Crippen molar-refractivity contribution in [1.82, 2.24) is 9.97 Å². The van der Waals surface area contributed by atoms with Crippen molar-refractivity contribution in [3.05, 3.63) is 35.0 Å². The molecule has 0 radical (unpaired) electrons. The number of aromatic nitrogens is 2. The van der Waals surface area contributed by atoms with Crippen molar-refractivity contribution in [2.45, 2.75) is 30.7 Å². The molecule has 0 aliphatic carbocycles. The number of methoxy groups -OCH3 is 1. The minimum absolute atomic E-state index is 0.270. The molecule has 1 aromatic heterocycles. The first-order chi connectivity index (χ1) is 15.9. The number of ether oxygens (including phenoxy) is 1. The van der Waals surface area contributed by atoms with Crippen LogP contribution in [0.3, 0.4) is 0 Å². The predicted molar refractivity (Wildman–Crippen MR) is 130 cm³/mol. The number of hydrogen-bond donors (Lipinski definition) is 0. The van der Waals surface area contributed by atoms with Crippen molar-refractivity contribution in [3.63, 3.8) is 0 Å². The number of benzene rings is 1. The molecule has 0 amide bonds. The Kier molecular flexibility index (Phi) is 6.28. The second kappa shape index (κ2) is 9.19. The molecule has 1 unspecified atom stereocenters. The molecule has 10 heteroatoms. The van der Waals surface area contributed by atoms with Crippen molar-refractivity contribution in [1.29, 1.82) is 0 Å². The SMILES string of the molecule is COC(=O)[C@@H]1C[C@@H](C)CN1c1nc(N2CCN(c3ccc(Cl)cc3)CC2)nc2c1[S+]([O-])CC2. The number of aryl methyl sites for hydroxylation is 1. The molecule has 8 nitrogen and oxygen atoms in total. The van der Waals surface area contributed by atoms with E-state index in [0.29, 0.717) is 47.7 Å². The lowest BCUT2D eigenvalue weighted by molar-refractivity contribution is -0.142. The Bertz CT molecular complexity index is 1030. The summed E-state index contributed by atoms with van der Waals surface area (Å²) in [6.07, 6.45) is 1.37. The Balaban J connectivity index is 1.42. The highest BCUT2D eigenvalue weighted by Crippen LogP contribution is 2.38. The van der Waals surface area contributed by atoms with Gasteiger partial charge in [0.1, 0.15) is 17.5 Å². The van der Waals surface area contributed by atoms with Gasteiger partial charge in [0, 0.05) is 49.9 Å². The smallest absolute Gasteiger partial charge is 0.328 e. The maximum Gasteiger partial charge on any atom is 0.328 e. The Morgan fingerprint density at radius 1 is 1.15 bits per heavy atom. The van der Waals surface area contributed by atoms with Gasteiger partial charge in [-0.15, -0.1) is 0 Å². The van der Waals surface area contributed by atoms with E-state index in [4.69, 9.17) is 26.3 Å². The first kappa shape index (κ1) is 22.6. The summed E-state index contributed by atoms with van der Waals surface area (Å²) in [5.74, 6) is 1.90. The number of fused-ring (bicyclic) bond motifs is 1. The van der Waals surface area contributed by atoms with Crippen LogP contribution in [-0.2, 0) is 27.1 Å². The Labute approximate surface area is 202 Å². The van der Waals surface area contributed by atoms with E-state index in [1.807, 2.05) is 29.2 Å². The number of halogens is 1. The molecule has 3 aliphatic rings. The summed E-state index contributed by atoms with van der Waals surface area (Å²) in [7, 11) is 1.41. The van der Waals surface area contributed by atoms with Crippen LogP contribution >= 0.6 is 11.6 Å². The van der Waals surface area contributed by atoms with Gasteiger partial charge in [-0.2, -0.15) is 4.98 Å². The Morgan fingerprint density at radius 3 is 2.55 bits per heavy atom. The van der Waals surface area contributed by atoms with E-state index >= 15 is 0 Å². The third-order valence-corrected chi connectivity index (χ3v) is 8.37. The molecule has 3 atom stereocenters. The van der Waals surface area contributed by atoms with E-state index in [0.717, 1.165) is 42.6 Å². The van der Waals surface area contributed by atoms with Crippen LogP contribution < -0.4 is 14.7 Å². The highest BCUT2D eigenvalue weighted by molar-refractivity contribution is 7.91. The maximum absolute atomic E-state index is 12.8. The lowest BCUT2D eigenvalue weighted by Crippen LogP contribution is -2.47. The van der Waals surface area contributed by atoms with Crippen molar-refractivity contribution in [2.24, 2.45) is 5.92 Å². The van der Waals surface area contributed by atoms with Gasteiger partial charge >= 0.3 is 5.97 Å². The first-order valence-corrected chi connectivity index (χ1v) is 13.0. The van der Waals surface area contributed by atoms with Gasteiger partial charge in [-0.25, -0.2) is 9.78 Å². The van der Waals surface area contributed by atoms with Gasteiger partial charge in [-0.1, -0.05) is 18.5 Å². The van der Waals surface area contributed by atoms with Gasteiger partial charge in [0.15, 0.2) is 5.82 Å². The van der Waals surface area contributed by atoms with E-state index in [1.165, 1.54) is 7.11 Å². The standard InChI is InChI=1S/C23H28ClN5O3S/c1-15-13-19(22(30)32-2)29(14-15)21-20-18(7-12-33(20)31)25-23(26-21)28-10-8-27(9-11-28)17-5-3-16(24)4-6-17/h3-6,15,19H,7-14H2,1-2H3/t15-,19+,33?/m1/s1. The number of carbonyl (C=O) groups excluding carboxylic acids is 1. The molecule has 0 spiro atoms. The van der Waals surface area contributed by atoms with Crippen LogP contribution in [0.4, 0.5) is 17.5 Å². The van der Waals surface area contributed by atoms with Crippen molar-refractivity contribution < 1.29 is 14.1 Å². The summed E-state index contributed by atoms with van der Waals surface area (Å²) in [5.41, 5.74) is 1.99. The highest BCUT2D eigenvalue weighted by Gasteiger charge is 2.42. The number of anilines is 3. The average Bonchev–Trinajstić information content (AvgIpc) is 3.41. The fraction of sp³-hybridized carbons (Fsp3) is 0.522. The second-order valence-corrected chi connectivity index (χ2v) is 10.8. The largest absolute Gasteiger partial charge is 0.611 e. The van der Waals surface area contributed by atoms with E-state index in [-0.39, 0.29) is 5.97 Å². The number of nitrogens with zero attached hydrogens (tertiary/aromatic N) is 5. The molecule has 4 heterocycles. The number of esters is 1. The maximum atomic E-state index is 12.8. The van der Waals surface area contributed by atoms with Crippen LogP contribution in [0.1, 0.15) is 19.0 Å². The minimum Gasteiger partial charge on any atom is -0.611 e. The molecule has 5 rings (SSSR count). The number of rotatable bonds is 4. The molecule has 1 aromatic carbocycles. The minimum atomic E-state index is -1.15. The Morgan fingerprint density at radius 2 is 1.85 bits per heavy atom. The van der Waals surface area contributed by atoms with E-state index in [2.05, 4.69) is 16.7 Å².